The van der Waals surface area contributed by atoms with E-state index in [4.69, 9.17) is 5.73 Å². The highest BCUT2D eigenvalue weighted by atomic mass is 16.2. The van der Waals surface area contributed by atoms with E-state index in [-0.39, 0.29) is 11.8 Å². The number of carbonyl (C=O) groups is 1. The molecule has 1 heterocycles. The number of aromatic nitrogens is 2. The average molecular weight is 264 g/mol. The van der Waals surface area contributed by atoms with Gasteiger partial charge in [0, 0.05) is 32.4 Å². The Hall–Kier alpha value is -1.36. The van der Waals surface area contributed by atoms with Gasteiger partial charge in [0.25, 0.3) is 0 Å². The second-order valence-electron chi connectivity index (χ2n) is 5.54. The summed E-state index contributed by atoms with van der Waals surface area (Å²) in [4.78, 5) is 18.6. The summed E-state index contributed by atoms with van der Waals surface area (Å²) in [7, 11) is 3.81. The van der Waals surface area contributed by atoms with Crippen LogP contribution in [0.1, 0.15) is 31.5 Å². The molecule has 2 rings (SSSR count). The van der Waals surface area contributed by atoms with E-state index in [9.17, 15) is 4.79 Å². The van der Waals surface area contributed by atoms with Crippen LogP contribution in [0.25, 0.3) is 0 Å². The van der Waals surface area contributed by atoms with Crippen molar-refractivity contribution >= 4 is 5.91 Å². The monoisotopic (exact) mass is 264 g/mol. The number of hydrogen-bond donors (Lipinski definition) is 1. The molecule has 1 fully saturated rings. The number of aryl methyl sites for hydroxylation is 1. The molecule has 106 valence electrons. The highest BCUT2D eigenvalue weighted by molar-refractivity contribution is 5.79. The standard InChI is InChI=1S/C14H24N4O/c1-17-8-7-16-13(17)10-18(2)14(19)12-6-4-3-5-11(12)9-15/h7-8,11-12H,3-6,9-10,15H2,1-2H3. The summed E-state index contributed by atoms with van der Waals surface area (Å²) in [5.74, 6) is 1.59. The van der Waals surface area contributed by atoms with Gasteiger partial charge < -0.3 is 15.2 Å². The molecule has 0 aliphatic heterocycles. The Labute approximate surface area is 114 Å². The van der Waals surface area contributed by atoms with E-state index in [0.717, 1.165) is 25.1 Å². The summed E-state index contributed by atoms with van der Waals surface area (Å²) in [5, 5.41) is 0. The number of carbonyl (C=O) groups excluding carboxylic acids is 1. The maximum absolute atomic E-state index is 12.5. The third-order valence-corrected chi connectivity index (χ3v) is 4.20. The highest BCUT2D eigenvalue weighted by Gasteiger charge is 2.31. The molecule has 1 aromatic heterocycles. The number of amides is 1. The fraction of sp³-hybridized carbons (Fsp3) is 0.714. The predicted molar refractivity (Wildman–Crippen MR) is 74.2 cm³/mol. The fourth-order valence-electron chi connectivity index (χ4n) is 2.94. The van der Waals surface area contributed by atoms with Crippen LogP contribution in [-0.4, -0.2) is 34.0 Å². The molecule has 1 amide bonds. The Balaban J connectivity index is 2.00. The molecule has 1 saturated carbocycles. The SMILES string of the molecule is CN(Cc1nccn1C)C(=O)C1CCCCC1CN. The van der Waals surface area contributed by atoms with Crippen LogP contribution in [0.4, 0.5) is 0 Å². The van der Waals surface area contributed by atoms with Crippen LogP contribution in [0, 0.1) is 11.8 Å². The van der Waals surface area contributed by atoms with Crippen molar-refractivity contribution in [3.8, 4) is 0 Å². The number of rotatable bonds is 4. The molecular weight excluding hydrogens is 240 g/mol. The quantitative estimate of drug-likeness (QED) is 0.887. The van der Waals surface area contributed by atoms with Gasteiger partial charge in [0.2, 0.25) is 5.91 Å². The lowest BCUT2D eigenvalue weighted by atomic mass is 9.78. The van der Waals surface area contributed by atoms with Crippen molar-refractivity contribution in [3.63, 3.8) is 0 Å². The smallest absolute Gasteiger partial charge is 0.226 e. The van der Waals surface area contributed by atoms with E-state index in [1.54, 1.807) is 11.1 Å². The lowest BCUT2D eigenvalue weighted by molar-refractivity contribution is -0.137. The third-order valence-electron chi connectivity index (χ3n) is 4.20. The molecule has 19 heavy (non-hydrogen) atoms. The molecule has 5 heteroatoms. The molecule has 2 N–H and O–H groups in total. The zero-order chi connectivity index (χ0) is 13.8. The van der Waals surface area contributed by atoms with E-state index < -0.39 is 0 Å². The van der Waals surface area contributed by atoms with Crippen molar-refractivity contribution in [2.45, 2.75) is 32.2 Å². The number of nitrogens with zero attached hydrogens (tertiary/aromatic N) is 3. The minimum absolute atomic E-state index is 0.101. The normalized spacial score (nSPS) is 23.3. The molecule has 1 aliphatic rings. The van der Waals surface area contributed by atoms with Crippen LogP contribution >= 0.6 is 0 Å². The first kappa shape index (κ1) is 14.1. The summed E-state index contributed by atoms with van der Waals surface area (Å²) < 4.78 is 1.95. The molecule has 5 nitrogen and oxygen atoms in total. The molecule has 0 spiro atoms. The van der Waals surface area contributed by atoms with Crippen LogP contribution < -0.4 is 5.73 Å². The first-order valence-corrected chi connectivity index (χ1v) is 7.04. The van der Waals surface area contributed by atoms with Crippen molar-refractivity contribution < 1.29 is 4.79 Å². The maximum atomic E-state index is 12.5. The Morgan fingerprint density at radius 3 is 2.89 bits per heavy atom. The van der Waals surface area contributed by atoms with Crippen molar-refractivity contribution in [1.82, 2.24) is 14.5 Å². The zero-order valence-electron chi connectivity index (χ0n) is 11.9. The average Bonchev–Trinajstić information content (AvgIpc) is 2.83. The minimum atomic E-state index is 0.101. The fourth-order valence-corrected chi connectivity index (χ4v) is 2.94. The Bertz CT molecular complexity index is 429. The molecular formula is C14H24N4O. The largest absolute Gasteiger partial charge is 0.338 e. The summed E-state index contributed by atoms with van der Waals surface area (Å²) in [6.45, 7) is 1.18. The second-order valence-corrected chi connectivity index (χ2v) is 5.54. The zero-order valence-corrected chi connectivity index (χ0v) is 11.9. The van der Waals surface area contributed by atoms with Crippen LogP contribution in [0.3, 0.4) is 0 Å². The van der Waals surface area contributed by atoms with Crippen molar-refractivity contribution in [2.24, 2.45) is 24.6 Å². The lowest BCUT2D eigenvalue weighted by Crippen LogP contribution is -2.40. The van der Waals surface area contributed by atoms with E-state index in [1.165, 1.54) is 6.42 Å². The van der Waals surface area contributed by atoms with E-state index >= 15 is 0 Å². The molecule has 0 bridgehead atoms. The van der Waals surface area contributed by atoms with Crippen molar-refractivity contribution in [1.29, 1.82) is 0 Å². The highest BCUT2D eigenvalue weighted by Crippen LogP contribution is 2.30. The molecule has 0 saturated heterocycles. The summed E-state index contributed by atoms with van der Waals surface area (Å²) in [6.07, 6.45) is 8.07. The summed E-state index contributed by atoms with van der Waals surface area (Å²) in [6, 6.07) is 0. The van der Waals surface area contributed by atoms with Gasteiger partial charge in [-0.1, -0.05) is 12.8 Å². The molecule has 0 radical (unpaired) electrons. The Morgan fingerprint density at radius 1 is 1.53 bits per heavy atom. The van der Waals surface area contributed by atoms with Gasteiger partial charge in [0.15, 0.2) is 0 Å². The van der Waals surface area contributed by atoms with Crippen LogP contribution in [0.2, 0.25) is 0 Å². The molecule has 2 atom stereocenters. The molecule has 0 aromatic carbocycles. The van der Waals surface area contributed by atoms with E-state index in [2.05, 4.69) is 4.98 Å². The minimum Gasteiger partial charge on any atom is -0.338 e. The topological polar surface area (TPSA) is 64.2 Å². The summed E-state index contributed by atoms with van der Waals surface area (Å²) >= 11 is 0. The van der Waals surface area contributed by atoms with Gasteiger partial charge in [-0.3, -0.25) is 4.79 Å². The Kier molecular flexibility index (Phi) is 4.58. The number of nitrogens with two attached hydrogens (primary N) is 1. The van der Waals surface area contributed by atoms with Gasteiger partial charge in [-0.15, -0.1) is 0 Å². The lowest BCUT2D eigenvalue weighted by Gasteiger charge is -2.32. The molecule has 2 unspecified atom stereocenters. The van der Waals surface area contributed by atoms with Crippen LogP contribution in [0.15, 0.2) is 12.4 Å². The van der Waals surface area contributed by atoms with Crippen molar-refractivity contribution in [3.05, 3.63) is 18.2 Å². The Morgan fingerprint density at radius 2 is 2.26 bits per heavy atom. The first-order chi connectivity index (χ1) is 9.13. The van der Waals surface area contributed by atoms with E-state index in [1.807, 2.05) is 24.9 Å². The van der Waals surface area contributed by atoms with Gasteiger partial charge in [-0.25, -0.2) is 4.98 Å². The van der Waals surface area contributed by atoms with Gasteiger partial charge in [0.05, 0.1) is 6.54 Å². The van der Waals surface area contributed by atoms with Crippen molar-refractivity contribution in [2.75, 3.05) is 13.6 Å². The third kappa shape index (κ3) is 3.15. The molecule has 1 aliphatic carbocycles. The predicted octanol–water partition coefficient (Wildman–Crippen LogP) is 1.14. The maximum Gasteiger partial charge on any atom is 0.226 e. The number of imidazole rings is 1. The van der Waals surface area contributed by atoms with Gasteiger partial charge in [-0.2, -0.15) is 0 Å². The van der Waals surface area contributed by atoms with Crippen LogP contribution in [0.5, 0.6) is 0 Å². The number of hydrogen-bond acceptors (Lipinski definition) is 3. The summed E-state index contributed by atoms with van der Waals surface area (Å²) in [5.41, 5.74) is 5.80. The van der Waals surface area contributed by atoms with E-state index in [0.29, 0.717) is 19.0 Å². The van der Waals surface area contributed by atoms with Gasteiger partial charge in [-0.05, 0) is 25.3 Å². The first-order valence-electron chi connectivity index (χ1n) is 7.04. The van der Waals surface area contributed by atoms with Crippen LogP contribution in [-0.2, 0) is 18.4 Å². The van der Waals surface area contributed by atoms with Gasteiger partial charge >= 0.3 is 0 Å². The molecule has 1 aromatic rings. The second kappa shape index (κ2) is 6.19. The van der Waals surface area contributed by atoms with Gasteiger partial charge in [0.1, 0.15) is 5.82 Å².